The Hall–Kier alpha value is -2.74. The van der Waals surface area contributed by atoms with Gasteiger partial charge in [0.15, 0.2) is 6.29 Å². The molecule has 1 atom stereocenters. The molecule has 1 rings (SSSR count). The van der Waals surface area contributed by atoms with Gasteiger partial charge in [-0.3, -0.25) is 19.2 Å². The fourth-order valence-corrected chi connectivity index (χ4v) is 2.20. The first-order valence-corrected chi connectivity index (χ1v) is 7.75. The van der Waals surface area contributed by atoms with Crippen LogP contribution in [0.4, 0.5) is 0 Å². The minimum atomic E-state index is -0.900. The second-order valence-electron chi connectivity index (χ2n) is 5.13. The summed E-state index contributed by atoms with van der Waals surface area (Å²) >= 11 is 0. The number of hydrogen-bond acceptors (Lipinski definition) is 6. The Morgan fingerprint density at radius 2 is 2.04 bits per heavy atom. The van der Waals surface area contributed by atoms with Crippen molar-refractivity contribution in [3.8, 4) is 5.75 Å². The van der Waals surface area contributed by atoms with E-state index in [1.807, 2.05) is 0 Å². The SMILES string of the molecule is CNC(=O)C(CCC=O)N(C=O)OCc1cccc(OCC=O)c1C. The van der Waals surface area contributed by atoms with Crippen LogP contribution in [0.15, 0.2) is 18.2 Å². The molecule has 1 aromatic rings. The van der Waals surface area contributed by atoms with Crippen LogP contribution in [0.3, 0.4) is 0 Å². The van der Waals surface area contributed by atoms with E-state index < -0.39 is 11.9 Å². The Kier molecular flexibility index (Phi) is 8.87. The Bertz CT molecular complexity index is 605. The van der Waals surface area contributed by atoms with Gasteiger partial charge in [0.2, 0.25) is 12.3 Å². The zero-order valence-electron chi connectivity index (χ0n) is 14.3. The molecule has 0 bridgehead atoms. The molecule has 1 aromatic carbocycles. The van der Waals surface area contributed by atoms with Gasteiger partial charge < -0.3 is 14.8 Å². The largest absolute Gasteiger partial charge is 0.486 e. The van der Waals surface area contributed by atoms with E-state index in [1.165, 1.54) is 7.05 Å². The fourth-order valence-electron chi connectivity index (χ4n) is 2.20. The predicted molar refractivity (Wildman–Crippen MR) is 88.6 cm³/mol. The number of nitrogens with zero attached hydrogens (tertiary/aromatic N) is 1. The number of carbonyl (C=O) groups is 4. The summed E-state index contributed by atoms with van der Waals surface area (Å²) in [7, 11) is 1.44. The Morgan fingerprint density at radius 3 is 2.64 bits per heavy atom. The van der Waals surface area contributed by atoms with Crippen molar-refractivity contribution in [2.75, 3.05) is 13.7 Å². The van der Waals surface area contributed by atoms with Gasteiger partial charge in [0.05, 0.1) is 0 Å². The van der Waals surface area contributed by atoms with E-state index in [-0.39, 0.29) is 26.1 Å². The summed E-state index contributed by atoms with van der Waals surface area (Å²) in [6, 6.07) is 4.34. The van der Waals surface area contributed by atoms with Gasteiger partial charge in [-0.1, -0.05) is 12.1 Å². The second-order valence-corrected chi connectivity index (χ2v) is 5.13. The van der Waals surface area contributed by atoms with Crippen LogP contribution in [0.2, 0.25) is 0 Å². The lowest BCUT2D eigenvalue weighted by Crippen LogP contribution is -2.45. The quantitative estimate of drug-likeness (QED) is 0.436. The van der Waals surface area contributed by atoms with Crippen molar-refractivity contribution in [3.05, 3.63) is 29.3 Å². The summed E-state index contributed by atoms with van der Waals surface area (Å²) in [6.45, 7) is 1.76. The van der Waals surface area contributed by atoms with Crippen LogP contribution < -0.4 is 10.1 Å². The van der Waals surface area contributed by atoms with Gasteiger partial charge in [-0.25, -0.2) is 5.06 Å². The number of aldehydes is 2. The maximum Gasteiger partial charge on any atom is 0.245 e. The van der Waals surface area contributed by atoms with E-state index in [4.69, 9.17) is 9.57 Å². The van der Waals surface area contributed by atoms with Crippen molar-refractivity contribution < 1.29 is 28.8 Å². The number of carbonyl (C=O) groups excluding carboxylic acids is 4. The number of hydroxylamine groups is 2. The number of nitrogens with one attached hydrogen (secondary N) is 1. The maximum absolute atomic E-state index is 11.9. The average molecular weight is 350 g/mol. The van der Waals surface area contributed by atoms with Crippen molar-refractivity contribution in [2.45, 2.75) is 32.4 Å². The van der Waals surface area contributed by atoms with Crippen LogP contribution in [0.5, 0.6) is 5.75 Å². The van der Waals surface area contributed by atoms with E-state index >= 15 is 0 Å². The third kappa shape index (κ3) is 6.00. The summed E-state index contributed by atoms with van der Waals surface area (Å²) in [5.41, 5.74) is 1.50. The van der Waals surface area contributed by atoms with E-state index in [0.717, 1.165) is 16.2 Å². The van der Waals surface area contributed by atoms with Gasteiger partial charge in [0.25, 0.3) is 0 Å². The maximum atomic E-state index is 11.9. The molecule has 0 saturated carbocycles. The molecule has 25 heavy (non-hydrogen) atoms. The minimum Gasteiger partial charge on any atom is -0.486 e. The molecule has 0 aliphatic rings. The van der Waals surface area contributed by atoms with Gasteiger partial charge >= 0.3 is 0 Å². The average Bonchev–Trinajstić information content (AvgIpc) is 2.63. The standard InChI is InChI=1S/C17H22N2O6/c1-13-14(5-3-7-16(13)24-10-9-21)11-25-19(12-22)15(6-4-8-20)17(23)18-2/h3,5,7-9,12,15H,4,6,10-11H2,1-2H3,(H,18,23). The van der Waals surface area contributed by atoms with Crippen molar-refractivity contribution in [1.82, 2.24) is 10.4 Å². The molecule has 0 fully saturated rings. The van der Waals surface area contributed by atoms with Crippen LogP contribution in [0.1, 0.15) is 24.0 Å². The van der Waals surface area contributed by atoms with E-state index in [0.29, 0.717) is 24.7 Å². The van der Waals surface area contributed by atoms with Gasteiger partial charge in [0, 0.05) is 13.5 Å². The molecule has 0 aliphatic heterocycles. The summed E-state index contributed by atoms with van der Waals surface area (Å²) in [5, 5.41) is 3.35. The number of likely N-dealkylation sites (N-methyl/N-ethyl adjacent to an activating group) is 1. The molecular formula is C17H22N2O6. The molecule has 136 valence electrons. The number of hydrogen-bond donors (Lipinski definition) is 1. The normalized spacial score (nSPS) is 11.3. The third-order valence-corrected chi connectivity index (χ3v) is 3.59. The molecule has 1 N–H and O–H groups in total. The van der Waals surface area contributed by atoms with Crippen molar-refractivity contribution in [1.29, 1.82) is 0 Å². The molecule has 0 spiro atoms. The first-order chi connectivity index (χ1) is 12.1. The Labute approximate surface area is 146 Å². The van der Waals surface area contributed by atoms with E-state index in [2.05, 4.69) is 5.32 Å². The van der Waals surface area contributed by atoms with E-state index in [1.54, 1.807) is 25.1 Å². The predicted octanol–water partition coefficient (Wildman–Crippen LogP) is 0.556. The number of amides is 2. The highest BCUT2D eigenvalue weighted by molar-refractivity contribution is 5.83. The molecule has 0 aromatic heterocycles. The zero-order chi connectivity index (χ0) is 18.7. The van der Waals surface area contributed by atoms with Crippen molar-refractivity contribution in [2.24, 2.45) is 0 Å². The number of ether oxygens (including phenoxy) is 1. The lowest BCUT2D eigenvalue weighted by atomic mass is 10.1. The highest BCUT2D eigenvalue weighted by atomic mass is 16.7. The second kappa shape index (κ2) is 10.9. The van der Waals surface area contributed by atoms with Gasteiger partial charge in [-0.2, -0.15) is 0 Å². The van der Waals surface area contributed by atoms with Crippen molar-refractivity contribution >= 4 is 24.9 Å². The van der Waals surface area contributed by atoms with Crippen LogP contribution in [0, 0.1) is 6.92 Å². The van der Waals surface area contributed by atoms with Gasteiger partial charge in [-0.05, 0) is 30.5 Å². The summed E-state index contributed by atoms with van der Waals surface area (Å²) in [6.07, 6.45) is 2.02. The minimum absolute atomic E-state index is 0.0252. The first-order valence-electron chi connectivity index (χ1n) is 7.75. The highest BCUT2D eigenvalue weighted by Gasteiger charge is 2.25. The summed E-state index contributed by atoms with van der Waals surface area (Å²) in [5.74, 6) is 0.114. The number of benzene rings is 1. The smallest absolute Gasteiger partial charge is 0.245 e. The summed E-state index contributed by atoms with van der Waals surface area (Å²) in [4.78, 5) is 49.7. The Morgan fingerprint density at radius 1 is 1.28 bits per heavy atom. The van der Waals surface area contributed by atoms with Crippen LogP contribution >= 0.6 is 0 Å². The molecule has 0 heterocycles. The highest BCUT2D eigenvalue weighted by Crippen LogP contribution is 2.22. The molecule has 1 unspecified atom stereocenters. The van der Waals surface area contributed by atoms with Crippen LogP contribution in [-0.2, 0) is 30.6 Å². The molecule has 0 aliphatic carbocycles. The van der Waals surface area contributed by atoms with Crippen LogP contribution in [-0.4, -0.2) is 49.6 Å². The first kappa shape index (κ1) is 20.3. The van der Waals surface area contributed by atoms with Crippen molar-refractivity contribution in [3.63, 3.8) is 0 Å². The zero-order valence-corrected chi connectivity index (χ0v) is 14.3. The number of rotatable bonds is 12. The van der Waals surface area contributed by atoms with Gasteiger partial charge in [0.1, 0.15) is 31.3 Å². The Balaban J connectivity index is 2.84. The topological polar surface area (TPSA) is 102 Å². The molecule has 0 radical (unpaired) electrons. The van der Waals surface area contributed by atoms with Crippen LogP contribution in [0.25, 0.3) is 0 Å². The monoisotopic (exact) mass is 350 g/mol. The molecule has 8 nitrogen and oxygen atoms in total. The molecular weight excluding hydrogens is 328 g/mol. The molecule has 0 saturated heterocycles. The van der Waals surface area contributed by atoms with E-state index in [9.17, 15) is 19.2 Å². The van der Waals surface area contributed by atoms with Gasteiger partial charge in [-0.15, -0.1) is 0 Å². The summed E-state index contributed by atoms with van der Waals surface area (Å²) < 4.78 is 5.31. The lowest BCUT2D eigenvalue weighted by Gasteiger charge is -2.25. The lowest BCUT2D eigenvalue weighted by molar-refractivity contribution is -0.195. The third-order valence-electron chi connectivity index (χ3n) is 3.59. The molecule has 8 heteroatoms. The molecule has 2 amide bonds. The fraction of sp³-hybridized carbons (Fsp3) is 0.412.